The molecule has 0 saturated carbocycles. The fourth-order valence-electron chi connectivity index (χ4n) is 3.31. The Bertz CT molecular complexity index is 613. The van der Waals surface area contributed by atoms with Crippen LogP contribution in [-0.2, 0) is 4.74 Å². The zero-order chi connectivity index (χ0) is 17.6. The average molecular weight is 323 g/mol. The number of nitrogens with zero attached hydrogens (tertiary/aromatic N) is 2. The van der Waals surface area contributed by atoms with Crippen molar-refractivity contribution >= 4 is 5.82 Å². The lowest BCUT2D eigenvalue weighted by Gasteiger charge is -2.33. The van der Waals surface area contributed by atoms with Gasteiger partial charge in [-0.1, -0.05) is 41.5 Å². The minimum Gasteiger partial charge on any atom is -0.390 e. The number of aromatic nitrogens is 2. The highest BCUT2D eigenvalue weighted by Gasteiger charge is 2.50. The molecule has 2 heterocycles. The van der Waals surface area contributed by atoms with Crippen molar-refractivity contribution in [2.75, 3.05) is 5.73 Å². The van der Waals surface area contributed by atoms with Gasteiger partial charge in [0.15, 0.2) is 0 Å². The Kier molecular flexibility index (Phi) is 4.61. The molecule has 6 heteroatoms. The Morgan fingerprint density at radius 1 is 1.30 bits per heavy atom. The monoisotopic (exact) mass is 323 g/mol. The molecule has 23 heavy (non-hydrogen) atoms. The summed E-state index contributed by atoms with van der Waals surface area (Å²) in [5.41, 5.74) is 4.92. The van der Waals surface area contributed by atoms with Gasteiger partial charge in [0.25, 0.3) is 0 Å². The van der Waals surface area contributed by atoms with Gasteiger partial charge < -0.3 is 15.6 Å². The van der Waals surface area contributed by atoms with Crippen LogP contribution in [-0.4, -0.2) is 26.9 Å². The highest BCUT2D eigenvalue weighted by molar-refractivity contribution is 5.23. The third-order valence-corrected chi connectivity index (χ3v) is 4.31. The van der Waals surface area contributed by atoms with Crippen molar-refractivity contribution in [3.05, 3.63) is 22.7 Å². The number of aliphatic hydroxyl groups excluding tert-OH is 1. The number of aliphatic hydroxyl groups is 1. The Morgan fingerprint density at radius 2 is 1.91 bits per heavy atom. The van der Waals surface area contributed by atoms with E-state index in [1.54, 1.807) is 12.3 Å². The summed E-state index contributed by atoms with van der Waals surface area (Å²) in [6, 6.07) is 1.58. The fraction of sp³-hybridized carbons (Fsp3) is 0.765. The summed E-state index contributed by atoms with van der Waals surface area (Å²) in [5.74, 6) is -0.0266. The van der Waals surface area contributed by atoms with Crippen LogP contribution < -0.4 is 11.4 Å². The maximum absolute atomic E-state index is 12.2. The van der Waals surface area contributed by atoms with Gasteiger partial charge in [0.05, 0.1) is 12.2 Å². The van der Waals surface area contributed by atoms with Crippen LogP contribution in [0.3, 0.4) is 0 Å². The van der Waals surface area contributed by atoms with Crippen molar-refractivity contribution in [3.63, 3.8) is 0 Å². The van der Waals surface area contributed by atoms with E-state index < -0.39 is 18.0 Å². The van der Waals surface area contributed by atoms with Gasteiger partial charge in [0.1, 0.15) is 12.0 Å². The standard InChI is InChI=1S/C17H29N3O3/c1-16(2,3)9-10-13(21)12(17(4,5)6)14(23-10)20-8-7-11(18)19-15(20)22/h7-8,10,12-14,21H,9H2,1-6H3,(H2,18,19,22)/t10-,12?,13+,14-/m1/s1. The van der Waals surface area contributed by atoms with Gasteiger partial charge >= 0.3 is 5.69 Å². The molecule has 0 bridgehead atoms. The first-order chi connectivity index (χ1) is 10.4. The van der Waals surface area contributed by atoms with Crippen LogP contribution in [0.5, 0.6) is 0 Å². The van der Waals surface area contributed by atoms with Crippen molar-refractivity contribution in [2.24, 2.45) is 16.7 Å². The van der Waals surface area contributed by atoms with Gasteiger partial charge in [-0.05, 0) is 23.3 Å². The molecule has 1 aliphatic heterocycles. The molecule has 0 aromatic carbocycles. The van der Waals surface area contributed by atoms with Crippen LogP contribution in [0.15, 0.2) is 17.1 Å². The maximum Gasteiger partial charge on any atom is 0.351 e. The first kappa shape index (κ1) is 17.9. The minimum atomic E-state index is -0.635. The second-order valence-electron chi connectivity index (χ2n) is 8.75. The van der Waals surface area contributed by atoms with Crippen LogP contribution in [0.2, 0.25) is 0 Å². The fourth-order valence-corrected chi connectivity index (χ4v) is 3.31. The Hall–Kier alpha value is -1.40. The molecule has 4 atom stereocenters. The largest absolute Gasteiger partial charge is 0.390 e. The van der Waals surface area contributed by atoms with E-state index in [1.807, 2.05) is 20.8 Å². The van der Waals surface area contributed by atoms with Crippen molar-refractivity contribution in [3.8, 4) is 0 Å². The quantitative estimate of drug-likeness (QED) is 0.870. The number of hydrogen-bond donors (Lipinski definition) is 2. The highest BCUT2D eigenvalue weighted by Crippen LogP contribution is 2.47. The summed E-state index contributed by atoms with van der Waals surface area (Å²) in [6.07, 6.45) is 0.824. The third kappa shape index (κ3) is 3.93. The summed E-state index contributed by atoms with van der Waals surface area (Å²) in [5, 5.41) is 10.8. The van der Waals surface area contributed by atoms with E-state index in [2.05, 4.69) is 25.8 Å². The normalized spacial score (nSPS) is 29.0. The van der Waals surface area contributed by atoms with Gasteiger partial charge in [-0.3, -0.25) is 4.57 Å². The summed E-state index contributed by atoms with van der Waals surface area (Å²) in [7, 11) is 0. The lowest BCUT2D eigenvalue weighted by atomic mass is 9.74. The molecule has 0 amide bonds. The molecule has 1 saturated heterocycles. The number of nitrogens with two attached hydrogens (primary N) is 1. The molecule has 0 aliphatic carbocycles. The number of ether oxygens (including phenoxy) is 1. The SMILES string of the molecule is CC(C)(C)C[C@H]1O[C@@H](n2ccc(N)nc2=O)C(C(C)(C)C)[C@H]1O. The van der Waals surface area contributed by atoms with Crippen molar-refractivity contribution in [1.82, 2.24) is 9.55 Å². The maximum atomic E-state index is 12.2. The molecule has 1 aromatic heterocycles. The predicted octanol–water partition coefficient (Wildman–Crippen LogP) is 2.18. The van der Waals surface area contributed by atoms with E-state index in [-0.39, 0.29) is 28.7 Å². The summed E-state index contributed by atoms with van der Waals surface area (Å²) >= 11 is 0. The molecular formula is C17H29N3O3. The van der Waals surface area contributed by atoms with Crippen molar-refractivity contribution in [1.29, 1.82) is 0 Å². The van der Waals surface area contributed by atoms with E-state index in [1.165, 1.54) is 4.57 Å². The summed E-state index contributed by atoms with van der Waals surface area (Å²) in [4.78, 5) is 16.0. The Labute approximate surface area is 137 Å². The van der Waals surface area contributed by atoms with E-state index in [0.717, 1.165) is 0 Å². The van der Waals surface area contributed by atoms with Gasteiger partial charge in [-0.25, -0.2) is 4.79 Å². The molecule has 130 valence electrons. The minimum absolute atomic E-state index is 0.0211. The lowest BCUT2D eigenvalue weighted by Crippen LogP contribution is -2.39. The number of rotatable bonds is 2. The Morgan fingerprint density at radius 3 is 2.39 bits per heavy atom. The van der Waals surface area contributed by atoms with Crippen molar-refractivity contribution < 1.29 is 9.84 Å². The number of anilines is 1. The third-order valence-electron chi connectivity index (χ3n) is 4.31. The van der Waals surface area contributed by atoms with Crippen LogP contribution in [0, 0.1) is 16.7 Å². The smallest absolute Gasteiger partial charge is 0.351 e. The Balaban J connectivity index is 2.41. The summed E-state index contributed by atoms with van der Waals surface area (Å²) < 4.78 is 7.57. The van der Waals surface area contributed by atoms with Crippen molar-refractivity contribution in [2.45, 2.75) is 66.4 Å². The van der Waals surface area contributed by atoms with E-state index in [0.29, 0.717) is 6.42 Å². The zero-order valence-corrected chi connectivity index (χ0v) is 14.9. The zero-order valence-electron chi connectivity index (χ0n) is 14.9. The molecule has 6 nitrogen and oxygen atoms in total. The second kappa shape index (κ2) is 5.91. The first-order valence-corrected chi connectivity index (χ1v) is 8.08. The topological polar surface area (TPSA) is 90.4 Å². The lowest BCUT2D eigenvalue weighted by molar-refractivity contribution is -0.0463. The van der Waals surface area contributed by atoms with Gasteiger partial charge in [0, 0.05) is 12.1 Å². The van der Waals surface area contributed by atoms with Gasteiger partial charge in [0.2, 0.25) is 0 Å². The molecule has 1 unspecified atom stereocenters. The number of hydrogen-bond acceptors (Lipinski definition) is 5. The highest BCUT2D eigenvalue weighted by atomic mass is 16.5. The van der Waals surface area contributed by atoms with Gasteiger partial charge in [-0.2, -0.15) is 4.98 Å². The van der Waals surface area contributed by atoms with E-state index >= 15 is 0 Å². The predicted molar refractivity (Wildman–Crippen MR) is 89.8 cm³/mol. The van der Waals surface area contributed by atoms with Crippen LogP contribution >= 0.6 is 0 Å². The van der Waals surface area contributed by atoms with E-state index in [4.69, 9.17) is 10.5 Å². The molecule has 0 radical (unpaired) electrons. The van der Waals surface area contributed by atoms with Gasteiger partial charge in [-0.15, -0.1) is 0 Å². The molecule has 0 spiro atoms. The molecule has 1 fully saturated rings. The summed E-state index contributed by atoms with van der Waals surface area (Å²) in [6.45, 7) is 12.5. The van der Waals surface area contributed by atoms with Crippen LogP contribution in [0.4, 0.5) is 5.82 Å². The van der Waals surface area contributed by atoms with E-state index in [9.17, 15) is 9.90 Å². The first-order valence-electron chi connectivity index (χ1n) is 8.08. The number of nitrogen functional groups attached to an aromatic ring is 1. The molecular weight excluding hydrogens is 294 g/mol. The molecule has 1 aromatic rings. The molecule has 3 N–H and O–H groups in total. The molecule has 2 rings (SSSR count). The molecule has 1 aliphatic rings. The van der Waals surface area contributed by atoms with Crippen LogP contribution in [0.1, 0.15) is 54.2 Å². The average Bonchev–Trinajstić information content (AvgIpc) is 2.63. The van der Waals surface area contributed by atoms with Crippen LogP contribution in [0.25, 0.3) is 0 Å². The second-order valence-corrected chi connectivity index (χ2v) is 8.75.